The van der Waals surface area contributed by atoms with Crippen LogP contribution in [0.2, 0.25) is 0 Å². The molecule has 2 aromatic carbocycles. The highest BCUT2D eigenvalue weighted by Crippen LogP contribution is 2.33. The average molecular weight is 428 g/mol. The van der Waals surface area contributed by atoms with E-state index < -0.39 is 5.91 Å². The van der Waals surface area contributed by atoms with Gasteiger partial charge in [0.1, 0.15) is 17.3 Å². The maximum absolute atomic E-state index is 11.6. The molecule has 7 nitrogen and oxygen atoms in total. The molecular formula is C22H26ClN5O2. The SMILES string of the molecule is Cl.NC(=O)Cc1c(-c2ccc(Oc3ccccc3)cc2)nn([C@@H]2CCCNC2)c1N. The molecule has 30 heavy (non-hydrogen) atoms. The quantitative estimate of drug-likeness (QED) is 0.559. The van der Waals surface area contributed by atoms with Gasteiger partial charge in [-0.3, -0.25) is 4.79 Å². The first-order valence-electron chi connectivity index (χ1n) is 9.81. The van der Waals surface area contributed by atoms with E-state index in [1.807, 2.05) is 59.3 Å². The van der Waals surface area contributed by atoms with Crippen molar-refractivity contribution >= 4 is 24.1 Å². The number of nitrogens with zero attached hydrogens (tertiary/aromatic N) is 2. The fraction of sp³-hybridized carbons (Fsp3) is 0.273. The summed E-state index contributed by atoms with van der Waals surface area (Å²) in [6.07, 6.45) is 2.12. The van der Waals surface area contributed by atoms with E-state index in [1.165, 1.54) is 0 Å². The van der Waals surface area contributed by atoms with Crippen LogP contribution in [0.5, 0.6) is 11.5 Å². The molecule has 1 aliphatic rings. The van der Waals surface area contributed by atoms with Gasteiger partial charge in [0, 0.05) is 17.7 Å². The molecule has 1 amide bonds. The summed E-state index contributed by atoms with van der Waals surface area (Å²) in [5.74, 6) is 1.58. The van der Waals surface area contributed by atoms with Crippen LogP contribution in [0.4, 0.5) is 5.82 Å². The second-order valence-electron chi connectivity index (χ2n) is 7.24. The minimum absolute atomic E-state index is 0. The second-order valence-corrected chi connectivity index (χ2v) is 7.24. The van der Waals surface area contributed by atoms with Gasteiger partial charge in [0.15, 0.2) is 0 Å². The Morgan fingerprint density at radius 3 is 2.47 bits per heavy atom. The Hall–Kier alpha value is -3.03. The minimum atomic E-state index is -0.427. The number of piperidine rings is 1. The zero-order valence-corrected chi connectivity index (χ0v) is 17.4. The third-order valence-corrected chi connectivity index (χ3v) is 5.12. The number of rotatable bonds is 6. The van der Waals surface area contributed by atoms with E-state index in [9.17, 15) is 4.79 Å². The van der Waals surface area contributed by atoms with Gasteiger partial charge < -0.3 is 21.5 Å². The standard InChI is InChI=1S/C22H25N5O2.ClH/c23-20(28)13-19-21(26-27(22(19)24)16-5-4-12-25-14-16)15-8-10-18(11-9-15)29-17-6-2-1-3-7-17;/h1-3,6-11,16,25H,4-5,12-14,24H2,(H2,23,28);1H/t16-;/m1./s1. The Kier molecular flexibility index (Phi) is 6.97. The first kappa shape index (κ1) is 21.7. The molecule has 1 saturated heterocycles. The van der Waals surface area contributed by atoms with Gasteiger partial charge in [-0.1, -0.05) is 18.2 Å². The van der Waals surface area contributed by atoms with Crippen LogP contribution in [0.3, 0.4) is 0 Å². The van der Waals surface area contributed by atoms with Crippen LogP contribution in [0.1, 0.15) is 24.4 Å². The highest BCUT2D eigenvalue weighted by atomic mass is 35.5. The number of benzene rings is 2. The summed E-state index contributed by atoms with van der Waals surface area (Å²) in [6.45, 7) is 1.81. The van der Waals surface area contributed by atoms with E-state index >= 15 is 0 Å². The maximum atomic E-state index is 11.6. The van der Waals surface area contributed by atoms with Crippen LogP contribution < -0.4 is 21.5 Å². The molecule has 1 atom stereocenters. The molecule has 1 fully saturated rings. The fourth-order valence-corrected chi connectivity index (χ4v) is 3.69. The van der Waals surface area contributed by atoms with Gasteiger partial charge in [-0.25, -0.2) is 4.68 Å². The number of primary amides is 1. The predicted molar refractivity (Wildman–Crippen MR) is 120 cm³/mol. The van der Waals surface area contributed by atoms with Gasteiger partial charge in [-0.05, 0) is 55.8 Å². The van der Waals surface area contributed by atoms with Crippen molar-refractivity contribution in [2.24, 2.45) is 5.73 Å². The molecule has 1 aromatic heterocycles. The summed E-state index contributed by atoms with van der Waals surface area (Å²) in [7, 11) is 0. The molecule has 8 heteroatoms. The average Bonchev–Trinajstić information content (AvgIpc) is 3.06. The number of nitrogen functional groups attached to an aromatic ring is 1. The van der Waals surface area contributed by atoms with E-state index in [0.29, 0.717) is 17.1 Å². The molecule has 0 aliphatic carbocycles. The molecule has 0 unspecified atom stereocenters. The number of carbonyl (C=O) groups is 1. The smallest absolute Gasteiger partial charge is 0.222 e. The number of amides is 1. The van der Waals surface area contributed by atoms with Crippen LogP contribution in [0, 0.1) is 0 Å². The van der Waals surface area contributed by atoms with E-state index in [4.69, 9.17) is 21.3 Å². The Morgan fingerprint density at radius 2 is 1.83 bits per heavy atom. The molecule has 0 spiro atoms. The molecule has 2 heterocycles. The van der Waals surface area contributed by atoms with Crippen LogP contribution >= 0.6 is 12.4 Å². The number of carbonyl (C=O) groups excluding carboxylic acids is 1. The van der Waals surface area contributed by atoms with Crippen LogP contribution in [-0.2, 0) is 11.2 Å². The van der Waals surface area contributed by atoms with Gasteiger partial charge >= 0.3 is 0 Å². The summed E-state index contributed by atoms with van der Waals surface area (Å²) in [5, 5.41) is 8.15. The molecule has 3 aromatic rings. The lowest BCUT2D eigenvalue weighted by Crippen LogP contribution is -2.32. The maximum Gasteiger partial charge on any atom is 0.222 e. The predicted octanol–water partition coefficient (Wildman–Crippen LogP) is 3.30. The monoisotopic (exact) mass is 427 g/mol. The van der Waals surface area contributed by atoms with Crippen LogP contribution in [-0.4, -0.2) is 28.8 Å². The number of hydrogen-bond acceptors (Lipinski definition) is 5. The number of anilines is 1. The van der Waals surface area contributed by atoms with Crippen molar-refractivity contribution in [1.29, 1.82) is 0 Å². The zero-order valence-electron chi connectivity index (χ0n) is 16.6. The van der Waals surface area contributed by atoms with Crippen LogP contribution in [0.15, 0.2) is 54.6 Å². The zero-order chi connectivity index (χ0) is 20.2. The third-order valence-electron chi connectivity index (χ3n) is 5.12. The van der Waals surface area contributed by atoms with Gasteiger partial charge in [-0.15, -0.1) is 12.4 Å². The molecule has 158 valence electrons. The van der Waals surface area contributed by atoms with E-state index in [0.717, 1.165) is 43.0 Å². The normalized spacial score (nSPS) is 15.9. The highest BCUT2D eigenvalue weighted by molar-refractivity contribution is 5.85. The number of halogens is 1. The first-order chi connectivity index (χ1) is 14.1. The molecule has 4 rings (SSSR count). The van der Waals surface area contributed by atoms with Crippen molar-refractivity contribution in [2.75, 3.05) is 18.8 Å². The molecular weight excluding hydrogens is 402 g/mol. The number of hydrogen-bond donors (Lipinski definition) is 3. The van der Waals surface area contributed by atoms with Crippen molar-refractivity contribution in [1.82, 2.24) is 15.1 Å². The van der Waals surface area contributed by atoms with Gasteiger partial charge in [0.25, 0.3) is 0 Å². The highest BCUT2D eigenvalue weighted by Gasteiger charge is 2.24. The Morgan fingerprint density at radius 1 is 1.13 bits per heavy atom. The van der Waals surface area contributed by atoms with Crippen molar-refractivity contribution in [3.05, 3.63) is 60.2 Å². The van der Waals surface area contributed by atoms with E-state index in [1.54, 1.807) is 0 Å². The third kappa shape index (κ3) is 4.75. The number of aromatic nitrogens is 2. The van der Waals surface area contributed by atoms with E-state index in [2.05, 4.69) is 5.32 Å². The van der Waals surface area contributed by atoms with Crippen molar-refractivity contribution in [3.8, 4) is 22.8 Å². The van der Waals surface area contributed by atoms with Crippen molar-refractivity contribution in [2.45, 2.75) is 25.3 Å². The second kappa shape index (κ2) is 9.65. The van der Waals surface area contributed by atoms with E-state index in [-0.39, 0.29) is 24.9 Å². The summed E-state index contributed by atoms with van der Waals surface area (Å²) >= 11 is 0. The molecule has 0 saturated carbocycles. The topological polar surface area (TPSA) is 108 Å². The summed E-state index contributed by atoms with van der Waals surface area (Å²) < 4.78 is 7.70. The Bertz CT molecular complexity index is 983. The fourth-order valence-electron chi connectivity index (χ4n) is 3.69. The Balaban J connectivity index is 0.00000256. The number of ether oxygens (including phenoxy) is 1. The van der Waals surface area contributed by atoms with Gasteiger partial charge in [0.2, 0.25) is 5.91 Å². The lowest BCUT2D eigenvalue weighted by Gasteiger charge is -2.24. The molecule has 0 bridgehead atoms. The summed E-state index contributed by atoms with van der Waals surface area (Å²) in [4.78, 5) is 11.6. The number of nitrogens with two attached hydrogens (primary N) is 2. The first-order valence-corrected chi connectivity index (χ1v) is 9.81. The Labute approximate surface area is 181 Å². The van der Waals surface area contributed by atoms with Crippen molar-refractivity contribution < 1.29 is 9.53 Å². The lowest BCUT2D eigenvalue weighted by molar-refractivity contribution is -0.117. The van der Waals surface area contributed by atoms with Gasteiger partial charge in [0.05, 0.1) is 18.2 Å². The number of nitrogens with one attached hydrogen (secondary N) is 1. The van der Waals surface area contributed by atoms with Crippen molar-refractivity contribution in [3.63, 3.8) is 0 Å². The summed E-state index contributed by atoms with van der Waals surface area (Å²) in [5.41, 5.74) is 14.1. The molecule has 5 N–H and O–H groups in total. The number of para-hydroxylation sites is 1. The minimum Gasteiger partial charge on any atom is -0.457 e. The largest absolute Gasteiger partial charge is 0.457 e. The lowest BCUT2D eigenvalue weighted by atomic mass is 10.0. The summed E-state index contributed by atoms with van der Waals surface area (Å²) in [6, 6.07) is 17.4. The molecule has 0 radical (unpaired) electrons. The van der Waals surface area contributed by atoms with Gasteiger partial charge in [-0.2, -0.15) is 5.10 Å². The van der Waals surface area contributed by atoms with Crippen LogP contribution in [0.25, 0.3) is 11.3 Å². The molecule has 1 aliphatic heterocycles.